The molecule has 0 unspecified atom stereocenters. The van der Waals surface area contributed by atoms with Crippen molar-refractivity contribution in [3.63, 3.8) is 0 Å². The molecule has 2 rings (SSSR count). The number of anilines is 1. The Kier molecular flexibility index (Phi) is 3.61. The molecule has 0 bridgehead atoms. The van der Waals surface area contributed by atoms with Gasteiger partial charge in [-0.1, -0.05) is 18.5 Å². The van der Waals surface area contributed by atoms with Crippen molar-refractivity contribution in [2.45, 2.75) is 25.9 Å². The van der Waals surface area contributed by atoms with Crippen molar-refractivity contribution in [2.75, 3.05) is 18.0 Å². The summed E-state index contributed by atoms with van der Waals surface area (Å²) in [5.41, 5.74) is 0. The summed E-state index contributed by atoms with van der Waals surface area (Å²) in [5, 5.41) is 10.3. The second kappa shape index (κ2) is 4.97. The number of nitrogens with zero attached hydrogens (tertiary/aromatic N) is 3. The Bertz CT molecular complexity index is 361. The van der Waals surface area contributed by atoms with Gasteiger partial charge in [0.15, 0.2) is 0 Å². The molecule has 0 aromatic carbocycles. The third kappa shape index (κ3) is 2.44. The van der Waals surface area contributed by atoms with Gasteiger partial charge in [0.05, 0.1) is 6.10 Å². The van der Waals surface area contributed by atoms with Gasteiger partial charge >= 0.3 is 0 Å². The van der Waals surface area contributed by atoms with Crippen LogP contribution in [-0.2, 0) is 0 Å². The van der Waals surface area contributed by atoms with Crippen molar-refractivity contribution in [1.29, 1.82) is 0 Å². The molecule has 2 heterocycles. The van der Waals surface area contributed by atoms with Crippen molar-refractivity contribution in [3.05, 3.63) is 17.5 Å². The standard InChI is InChI=1S/C11H16ClN3O/c1-2-8-6-15(4-3-9(8)16)11-5-10(12)13-7-14-11/h5,7-9,16H,2-4,6H2,1H3/t8-,9-/m1/s1. The first-order valence-electron chi connectivity index (χ1n) is 5.61. The zero-order chi connectivity index (χ0) is 11.5. The summed E-state index contributed by atoms with van der Waals surface area (Å²) in [6.45, 7) is 3.76. The highest BCUT2D eigenvalue weighted by molar-refractivity contribution is 6.29. The zero-order valence-electron chi connectivity index (χ0n) is 9.30. The molecule has 1 saturated heterocycles. The summed E-state index contributed by atoms with van der Waals surface area (Å²) in [7, 11) is 0. The summed E-state index contributed by atoms with van der Waals surface area (Å²) >= 11 is 5.84. The molecule has 1 fully saturated rings. The number of aromatic nitrogens is 2. The van der Waals surface area contributed by atoms with Crippen LogP contribution < -0.4 is 4.90 Å². The normalized spacial score (nSPS) is 25.8. The van der Waals surface area contributed by atoms with Crippen molar-refractivity contribution in [1.82, 2.24) is 9.97 Å². The topological polar surface area (TPSA) is 49.2 Å². The number of piperidine rings is 1. The second-order valence-corrected chi connectivity index (χ2v) is 4.56. The lowest BCUT2D eigenvalue weighted by Crippen LogP contribution is -2.43. The molecule has 16 heavy (non-hydrogen) atoms. The van der Waals surface area contributed by atoms with Crippen LogP contribution in [0.2, 0.25) is 5.15 Å². The monoisotopic (exact) mass is 241 g/mol. The fourth-order valence-corrected chi connectivity index (χ4v) is 2.27. The molecule has 1 aromatic rings. The first kappa shape index (κ1) is 11.6. The van der Waals surface area contributed by atoms with Gasteiger partial charge in [0, 0.05) is 25.1 Å². The third-order valence-corrected chi connectivity index (χ3v) is 3.37. The average Bonchev–Trinajstić information content (AvgIpc) is 2.29. The summed E-state index contributed by atoms with van der Waals surface area (Å²) in [6, 6.07) is 1.77. The van der Waals surface area contributed by atoms with E-state index in [4.69, 9.17) is 11.6 Å². The lowest BCUT2D eigenvalue weighted by Gasteiger charge is -2.36. The predicted molar refractivity (Wildman–Crippen MR) is 63.7 cm³/mol. The SMILES string of the molecule is CC[C@@H]1CN(c2cc(Cl)ncn2)CC[C@H]1O. The summed E-state index contributed by atoms with van der Waals surface area (Å²) in [5.74, 6) is 1.17. The van der Waals surface area contributed by atoms with E-state index in [1.807, 2.05) is 0 Å². The zero-order valence-corrected chi connectivity index (χ0v) is 10.1. The molecule has 1 aromatic heterocycles. The van der Waals surface area contributed by atoms with Crippen LogP contribution >= 0.6 is 11.6 Å². The van der Waals surface area contributed by atoms with Gasteiger partial charge in [-0.05, 0) is 12.8 Å². The number of hydrogen-bond acceptors (Lipinski definition) is 4. The Balaban J connectivity index is 2.11. The molecular formula is C11H16ClN3O. The van der Waals surface area contributed by atoms with Crippen molar-refractivity contribution in [2.24, 2.45) is 5.92 Å². The number of aliphatic hydroxyl groups excluding tert-OH is 1. The molecule has 4 nitrogen and oxygen atoms in total. The van der Waals surface area contributed by atoms with Crippen LogP contribution in [0.25, 0.3) is 0 Å². The van der Waals surface area contributed by atoms with Crippen molar-refractivity contribution >= 4 is 17.4 Å². The van der Waals surface area contributed by atoms with Gasteiger partial charge in [0.25, 0.3) is 0 Å². The van der Waals surface area contributed by atoms with Gasteiger partial charge in [-0.15, -0.1) is 0 Å². The van der Waals surface area contributed by atoms with Crippen LogP contribution in [0.4, 0.5) is 5.82 Å². The van der Waals surface area contributed by atoms with Gasteiger partial charge in [-0.3, -0.25) is 0 Å². The van der Waals surface area contributed by atoms with Gasteiger partial charge in [0.2, 0.25) is 0 Å². The lowest BCUT2D eigenvalue weighted by molar-refractivity contribution is 0.0858. The maximum absolute atomic E-state index is 9.80. The highest BCUT2D eigenvalue weighted by Crippen LogP contribution is 2.24. The molecule has 1 aliphatic heterocycles. The summed E-state index contributed by atoms with van der Waals surface area (Å²) in [6.07, 6.45) is 3.07. The molecule has 0 spiro atoms. The molecule has 88 valence electrons. The third-order valence-electron chi connectivity index (χ3n) is 3.16. The highest BCUT2D eigenvalue weighted by atomic mass is 35.5. The fourth-order valence-electron chi connectivity index (χ4n) is 2.13. The Labute approximate surface area is 100 Å². The smallest absolute Gasteiger partial charge is 0.134 e. The number of aliphatic hydroxyl groups is 1. The van der Waals surface area contributed by atoms with Crippen molar-refractivity contribution < 1.29 is 5.11 Å². The molecule has 0 amide bonds. The van der Waals surface area contributed by atoms with E-state index < -0.39 is 0 Å². The molecular weight excluding hydrogens is 226 g/mol. The molecule has 1 N–H and O–H groups in total. The minimum Gasteiger partial charge on any atom is -0.393 e. The van der Waals surface area contributed by atoms with Crippen LogP contribution in [0, 0.1) is 5.92 Å². The van der Waals surface area contributed by atoms with Crippen LogP contribution in [-0.4, -0.2) is 34.3 Å². The Morgan fingerprint density at radius 3 is 3.06 bits per heavy atom. The maximum atomic E-state index is 9.80. The van der Waals surface area contributed by atoms with Crippen LogP contribution in [0.5, 0.6) is 0 Å². The molecule has 0 saturated carbocycles. The van der Waals surface area contributed by atoms with E-state index in [0.29, 0.717) is 11.1 Å². The Morgan fingerprint density at radius 1 is 1.56 bits per heavy atom. The quantitative estimate of drug-likeness (QED) is 0.802. The molecule has 2 atom stereocenters. The van der Waals surface area contributed by atoms with E-state index in [2.05, 4.69) is 21.8 Å². The largest absolute Gasteiger partial charge is 0.393 e. The molecule has 1 aliphatic rings. The van der Waals surface area contributed by atoms with E-state index in [9.17, 15) is 5.11 Å². The number of rotatable bonds is 2. The number of hydrogen-bond donors (Lipinski definition) is 1. The Hall–Kier alpha value is -0.870. The van der Waals surface area contributed by atoms with Gasteiger partial charge < -0.3 is 10.0 Å². The van der Waals surface area contributed by atoms with E-state index in [1.165, 1.54) is 6.33 Å². The van der Waals surface area contributed by atoms with Gasteiger partial charge in [0.1, 0.15) is 17.3 Å². The maximum Gasteiger partial charge on any atom is 0.134 e. The molecule has 5 heteroatoms. The minimum atomic E-state index is -0.182. The van der Waals surface area contributed by atoms with Gasteiger partial charge in [-0.2, -0.15) is 0 Å². The summed E-state index contributed by atoms with van der Waals surface area (Å²) in [4.78, 5) is 10.2. The van der Waals surface area contributed by atoms with Crippen molar-refractivity contribution in [3.8, 4) is 0 Å². The van der Waals surface area contributed by atoms with E-state index in [-0.39, 0.29) is 6.10 Å². The van der Waals surface area contributed by atoms with Gasteiger partial charge in [-0.25, -0.2) is 9.97 Å². The fraction of sp³-hybridized carbons (Fsp3) is 0.636. The molecule has 0 radical (unpaired) electrons. The minimum absolute atomic E-state index is 0.182. The second-order valence-electron chi connectivity index (χ2n) is 4.17. The van der Waals surface area contributed by atoms with Crippen LogP contribution in [0.3, 0.4) is 0 Å². The predicted octanol–water partition coefficient (Wildman–Crippen LogP) is 1.73. The Morgan fingerprint density at radius 2 is 2.38 bits per heavy atom. The summed E-state index contributed by atoms with van der Waals surface area (Å²) < 4.78 is 0. The van der Waals surface area contributed by atoms with E-state index in [0.717, 1.165) is 31.7 Å². The van der Waals surface area contributed by atoms with E-state index in [1.54, 1.807) is 6.07 Å². The average molecular weight is 242 g/mol. The number of halogens is 1. The highest BCUT2D eigenvalue weighted by Gasteiger charge is 2.27. The van der Waals surface area contributed by atoms with E-state index >= 15 is 0 Å². The van der Waals surface area contributed by atoms with Crippen LogP contribution in [0.15, 0.2) is 12.4 Å². The van der Waals surface area contributed by atoms with Crippen LogP contribution in [0.1, 0.15) is 19.8 Å². The molecule has 0 aliphatic carbocycles. The lowest BCUT2D eigenvalue weighted by atomic mass is 9.92. The first-order valence-corrected chi connectivity index (χ1v) is 5.99. The first-order chi connectivity index (χ1) is 7.70.